The maximum Gasteiger partial charge on any atom is 0.271 e. The largest absolute Gasteiger partial charge is 0.508 e. The van der Waals surface area contributed by atoms with Gasteiger partial charge in [-0.15, -0.1) is 6.58 Å². The Morgan fingerprint density at radius 1 is 1.32 bits per heavy atom. The van der Waals surface area contributed by atoms with Crippen molar-refractivity contribution >= 4 is 12.1 Å². The van der Waals surface area contributed by atoms with Crippen molar-refractivity contribution in [3.05, 3.63) is 65.7 Å². The second-order valence-electron chi connectivity index (χ2n) is 5.20. The van der Waals surface area contributed by atoms with Crippen molar-refractivity contribution in [1.29, 1.82) is 0 Å². The summed E-state index contributed by atoms with van der Waals surface area (Å²) in [6.45, 7) is 5.90. The molecule has 0 saturated carbocycles. The number of ether oxygens (including phenoxy) is 1. The lowest BCUT2D eigenvalue weighted by molar-refractivity contribution is 0.0954. The Balaban J connectivity index is 2.16. The minimum atomic E-state index is -0.442. The van der Waals surface area contributed by atoms with Crippen molar-refractivity contribution in [3.8, 4) is 17.2 Å². The molecule has 0 aliphatic heterocycles. The Hall–Kier alpha value is -3.28. The first-order valence-electron chi connectivity index (χ1n) is 7.77. The number of aromatic hydroxyl groups is 2. The molecule has 25 heavy (non-hydrogen) atoms. The van der Waals surface area contributed by atoms with Crippen molar-refractivity contribution in [1.82, 2.24) is 5.43 Å². The molecule has 3 N–H and O–H groups in total. The molecular weight excluding hydrogens is 320 g/mol. The van der Waals surface area contributed by atoms with Crippen LogP contribution in [0.3, 0.4) is 0 Å². The lowest BCUT2D eigenvalue weighted by Crippen LogP contribution is -2.17. The third-order valence-electron chi connectivity index (χ3n) is 3.33. The first-order chi connectivity index (χ1) is 12.0. The summed E-state index contributed by atoms with van der Waals surface area (Å²) in [6.07, 6.45) is 3.61. The monoisotopic (exact) mass is 340 g/mol. The van der Waals surface area contributed by atoms with Crippen LogP contribution in [0.15, 0.2) is 54.2 Å². The predicted octanol–water partition coefficient (Wildman–Crippen LogP) is 2.99. The second-order valence-corrected chi connectivity index (χ2v) is 5.20. The zero-order valence-corrected chi connectivity index (χ0v) is 13.9. The standard InChI is InChI=1S/C19H20N2O4/c1-3-6-14-9-13(10-17(18(14)23)25-4-2)12-20-21-19(24)15-7-5-8-16(22)11-15/h3,5,7-12,22-23H,1,4,6H2,2H3,(H,21,24)/b20-12+. The zero-order valence-electron chi connectivity index (χ0n) is 13.9. The van der Waals surface area contributed by atoms with Crippen LogP contribution in [0.4, 0.5) is 0 Å². The van der Waals surface area contributed by atoms with Crippen molar-refractivity contribution in [3.63, 3.8) is 0 Å². The Kier molecular flexibility index (Phi) is 6.17. The number of nitrogens with one attached hydrogen (secondary N) is 1. The van der Waals surface area contributed by atoms with Gasteiger partial charge in [-0.05, 0) is 49.2 Å². The van der Waals surface area contributed by atoms with E-state index < -0.39 is 5.91 Å². The number of hydrazone groups is 1. The van der Waals surface area contributed by atoms with Gasteiger partial charge in [-0.2, -0.15) is 5.10 Å². The highest BCUT2D eigenvalue weighted by atomic mass is 16.5. The molecule has 0 aliphatic rings. The van der Waals surface area contributed by atoms with Crippen molar-refractivity contribution in [2.45, 2.75) is 13.3 Å². The topological polar surface area (TPSA) is 91.2 Å². The van der Waals surface area contributed by atoms with E-state index >= 15 is 0 Å². The Morgan fingerprint density at radius 2 is 2.12 bits per heavy atom. The lowest BCUT2D eigenvalue weighted by Gasteiger charge is -2.10. The van der Waals surface area contributed by atoms with Gasteiger partial charge in [-0.3, -0.25) is 4.79 Å². The molecule has 0 aromatic heterocycles. The van der Waals surface area contributed by atoms with E-state index in [9.17, 15) is 15.0 Å². The van der Waals surface area contributed by atoms with Crippen LogP contribution in [0.25, 0.3) is 0 Å². The van der Waals surface area contributed by atoms with Gasteiger partial charge in [-0.1, -0.05) is 12.1 Å². The van der Waals surface area contributed by atoms with Crippen LogP contribution in [0.5, 0.6) is 17.2 Å². The fourth-order valence-electron chi connectivity index (χ4n) is 2.22. The Labute approximate surface area is 146 Å². The van der Waals surface area contributed by atoms with E-state index in [-0.39, 0.29) is 11.5 Å². The van der Waals surface area contributed by atoms with Gasteiger partial charge in [0.05, 0.1) is 12.8 Å². The molecule has 1 amide bonds. The molecule has 6 heteroatoms. The number of phenols is 2. The SMILES string of the molecule is C=CCc1cc(/C=N/NC(=O)c2cccc(O)c2)cc(OCC)c1O. The molecule has 0 heterocycles. The van der Waals surface area contributed by atoms with Crippen LogP contribution < -0.4 is 10.2 Å². The van der Waals surface area contributed by atoms with Gasteiger partial charge in [0.2, 0.25) is 0 Å². The molecule has 0 aliphatic carbocycles. The van der Waals surface area contributed by atoms with Gasteiger partial charge in [0.25, 0.3) is 5.91 Å². The van der Waals surface area contributed by atoms with Crippen molar-refractivity contribution < 1.29 is 19.7 Å². The van der Waals surface area contributed by atoms with Gasteiger partial charge in [-0.25, -0.2) is 5.43 Å². The number of carbonyl (C=O) groups excluding carboxylic acids is 1. The molecule has 0 radical (unpaired) electrons. The van der Waals surface area contributed by atoms with Crippen molar-refractivity contribution in [2.75, 3.05) is 6.61 Å². The zero-order chi connectivity index (χ0) is 18.2. The van der Waals surface area contributed by atoms with Crippen molar-refractivity contribution in [2.24, 2.45) is 5.10 Å². The Bertz CT molecular complexity index is 800. The summed E-state index contributed by atoms with van der Waals surface area (Å²) in [6, 6.07) is 9.34. The molecule has 0 atom stereocenters. The summed E-state index contributed by atoms with van der Waals surface area (Å²) in [7, 11) is 0. The summed E-state index contributed by atoms with van der Waals surface area (Å²) in [4.78, 5) is 12.0. The third-order valence-corrected chi connectivity index (χ3v) is 3.33. The number of rotatable bonds is 7. The quantitative estimate of drug-likeness (QED) is 0.410. The van der Waals surface area contributed by atoms with Gasteiger partial charge >= 0.3 is 0 Å². The van der Waals surface area contributed by atoms with Gasteiger partial charge < -0.3 is 14.9 Å². The van der Waals surface area contributed by atoms with E-state index in [2.05, 4.69) is 17.1 Å². The molecule has 2 rings (SSSR count). The van der Waals surface area contributed by atoms with Crippen LogP contribution in [-0.2, 0) is 6.42 Å². The first-order valence-corrected chi connectivity index (χ1v) is 7.77. The van der Waals surface area contributed by atoms with Gasteiger partial charge in [0, 0.05) is 11.1 Å². The van der Waals surface area contributed by atoms with E-state index in [1.165, 1.54) is 18.3 Å². The number of nitrogens with zero attached hydrogens (tertiary/aromatic N) is 1. The van der Waals surface area contributed by atoms with Gasteiger partial charge in [0.1, 0.15) is 5.75 Å². The molecule has 0 spiro atoms. The number of carbonyl (C=O) groups is 1. The molecule has 0 saturated heterocycles. The molecule has 0 unspecified atom stereocenters. The normalized spacial score (nSPS) is 10.6. The number of hydrogen-bond donors (Lipinski definition) is 3. The molecule has 0 bridgehead atoms. The summed E-state index contributed by atoms with van der Waals surface area (Å²) >= 11 is 0. The van der Waals surface area contributed by atoms with E-state index in [1.54, 1.807) is 30.3 Å². The number of benzene rings is 2. The molecule has 130 valence electrons. The van der Waals surface area contributed by atoms with Gasteiger partial charge in [0.15, 0.2) is 11.5 Å². The highest BCUT2D eigenvalue weighted by molar-refractivity contribution is 5.95. The maximum atomic E-state index is 12.0. The van der Waals surface area contributed by atoms with E-state index in [4.69, 9.17) is 4.74 Å². The fraction of sp³-hybridized carbons (Fsp3) is 0.158. The van der Waals surface area contributed by atoms with Crippen LogP contribution >= 0.6 is 0 Å². The fourth-order valence-corrected chi connectivity index (χ4v) is 2.22. The van der Waals surface area contributed by atoms with Crippen LogP contribution in [0.2, 0.25) is 0 Å². The minimum absolute atomic E-state index is 0.00517. The summed E-state index contributed by atoms with van der Waals surface area (Å²) in [5, 5.41) is 23.5. The highest BCUT2D eigenvalue weighted by Gasteiger charge is 2.10. The maximum absolute atomic E-state index is 12.0. The second kappa shape index (κ2) is 8.54. The number of amides is 1. The number of phenolic OH excluding ortho intramolecular Hbond substituents is 2. The first kappa shape index (κ1) is 18.1. The van der Waals surface area contributed by atoms with E-state index in [0.29, 0.717) is 35.5 Å². The average Bonchev–Trinajstić information content (AvgIpc) is 2.59. The number of allylic oxidation sites excluding steroid dienone is 1. The molecule has 2 aromatic rings. The highest BCUT2D eigenvalue weighted by Crippen LogP contribution is 2.31. The summed E-state index contributed by atoms with van der Waals surface area (Å²) in [5.41, 5.74) is 4.00. The smallest absolute Gasteiger partial charge is 0.271 e. The Morgan fingerprint density at radius 3 is 2.80 bits per heavy atom. The van der Waals surface area contributed by atoms with Crippen LogP contribution in [0, 0.1) is 0 Å². The summed E-state index contributed by atoms with van der Waals surface area (Å²) in [5.74, 6) is -0.0156. The minimum Gasteiger partial charge on any atom is -0.508 e. The van der Waals surface area contributed by atoms with Crippen LogP contribution in [0.1, 0.15) is 28.4 Å². The van der Waals surface area contributed by atoms with Crippen LogP contribution in [-0.4, -0.2) is 28.9 Å². The molecule has 6 nitrogen and oxygen atoms in total. The summed E-state index contributed by atoms with van der Waals surface area (Å²) < 4.78 is 5.41. The third kappa shape index (κ3) is 4.84. The van der Waals surface area contributed by atoms with E-state index in [1.807, 2.05) is 6.92 Å². The average molecular weight is 340 g/mol. The lowest BCUT2D eigenvalue weighted by atomic mass is 10.1. The molecule has 2 aromatic carbocycles. The number of hydrogen-bond acceptors (Lipinski definition) is 5. The molecular formula is C19H20N2O4. The predicted molar refractivity (Wildman–Crippen MR) is 96.3 cm³/mol. The molecule has 0 fully saturated rings. The van der Waals surface area contributed by atoms with E-state index in [0.717, 1.165) is 0 Å².